The van der Waals surface area contributed by atoms with Crippen LogP contribution in [-0.4, -0.2) is 46.6 Å². The number of carbonyl (C=O) groups excluding carboxylic acids is 2. The van der Waals surface area contributed by atoms with Gasteiger partial charge in [0, 0.05) is 26.0 Å². The van der Waals surface area contributed by atoms with Gasteiger partial charge in [-0.25, -0.2) is 0 Å². The van der Waals surface area contributed by atoms with Crippen molar-refractivity contribution in [2.75, 3.05) is 20.1 Å². The van der Waals surface area contributed by atoms with Gasteiger partial charge in [0.1, 0.15) is 6.04 Å². The number of hydrogen-bond donors (Lipinski definition) is 1. The number of carbonyl (C=O) groups is 2. The Hall–Kier alpha value is -2.11. The maximum Gasteiger partial charge on any atom is 0.247 e. The molecule has 2 rings (SSSR count). The van der Waals surface area contributed by atoms with Gasteiger partial charge in [0.05, 0.1) is 6.54 Å². The highest BCUT2D eigenvalue weighted by Crippen LogP contribution is 2.19. The fraction of sp³-hybridized carbons (Fsp3) is 0.588. The Labute approximate surface area is 137 Å². The number of nitrogens with one attached hydrogen (secondary N) is 1. The van der Waals surface area contributed by atoms with Crippen molar-refractivity contribution in [1.29, 1.82) is 0 Å². The molecule has 1 N–H and O–H groups in total. The van der Waals surface area contributed by atoms with Crippen molar-refractivity contribution in [3.05, 3.63) is 30.1 Å². The predicted octanol–water partition coefficient (Wildman–Crippen LogP) is 1.91. The summed E-state index contributed by atoms with van der Waals surface area (Å²) in [6.45, 7) is 2.49. The van der Waals surface area contributed by atoms with Gasteiger partial charge in [-0.1, -0.05) is 11.6 Å². The van der Waals surface area contributed by atoms with Crippen LogP contribution in [0, 0.1) is 0 Å². The van der Waals surface area contributed by atoms with Gasteiger partial charge in [0.25, 0.3) is 0 Å². The summed E-state index contributed by atoms with van der Waals surface area (Å²) in [5.74, 6) is -0.247. The number of aromatic nitrogens is 2. The van der Waals surface area contributed by atoms with Crippen molar-refractivity contribution in [1.82, 2.24) is 20.0 Å². The molecule has 0 saturated heterocycles. The van der Waals surface area contributed by atoms with Crippen molar-refractivity contribution in [2.45, 2.75) is 45.1 Å². The zero-order valence-electron chi connectivity index (χ0n) is 14.0. The molecule has 1 aliphatic rings. The van der Waals surface area contributed by atoms with Gasteiger partial charge >= 0.3 is 0 Å². The number of hydrogen-bond acceptors (Lipinski definition) is 3. The quantitative estimate of drug-likeness (QED) is 0.781. The SMILES string of the molecule is CC(C(=O)N(C)CC(=O)NCCC1=CCCCC1)n1cccn1. The minimum atomic E-state index is -0.407. The van der Waals surface area contributed by atoms with Crippen LogP contribution in [0.2, 0.25) is 0 Å². The van der Waals surface area contributed by atoms with Crippen LogP contribution in [0.3, 0.4) is 0 Å². The van der Waals surface area contributed by atoms with E-state index in [0.29, 0.717) is 6.54 Å². The summed E-state index contributed by atoms with van der Waals surface area (Å²) in [6.07, 6.45) is 11.4. The highest BCUT2D eigenvalue weighted by atomic mass is 16.2. The molecule has 1 heterocycles. The Morgan fingerprint density at radius 2 is 2.26 bits per heavy atom. The second kappa shape index (κ2) is 8.50. The Kier molecular flexibility index (Phi) is 6.38. The first-order chi connectivity index (χ1) is 11.1. The van der Waals surface area contributed by atoms with Crippen LogP contribution in [0.25, 0.3) is 0 Å². The molecule has 1 atom stereocenters. The van der Waals surface area contributed by atoms with Gasteiger partial charge in [-0.15, -0.1) is 0 Å². The molecule has 0 saturated carbocycles. The Morgan fingerprint density at radius 1 is 1.43 bits per heavy atom. The van der Waals surface area contributed by atoms with Crippen molar-refractivity contribution >= 4 is 11.8 Å². The zero-order chi connectivity index (χ0) is 16.7. The van der Waals surface area contributed by atoms with Gasteiger partial charge in [-0.3, -0.25) is 14.3 Å². The molecule has 6 nitrogen and oxygen atoms in total. The van der Waals surface area contributed by atoms with Crippen LogP contribution in [-0.2, 0) is 9.59 Å². The first kappa shape index (κ1) is 17.2. The average molecular weight is 318 g/mol. The number of likely N-dealkylation sites (N-methyl/N-ethyl adjacent to an activating group) is 1. The molecule has 126 valence electrons. The molecule has 1 aromatic heterocycles. The first-order valence-corrected chi connectivity index (χ1v) is 8.26. The summed E-state index contributed by atoms with van der Waals surface area (Å²) < 4.78 is 1.59. The van der Waals surface area contributed by atoms with E-state index in [9.17, 15) is 9.59 Å². The highest BCUT2D eigenvalue weighted by Gasteiger charge is 2.21. The van der Waals surface area contributed by atoms with E-state index >= 15 is 0 Å². The molecule has 0 spiro atoms. The van der Waals surface area contributed by atoms with Gasteiger partial charge in [-0.2, -0.15) is 5.10 Å². The average Bonchev–Trinajstić information content (AvgIpc) is 3.08. The lowest BCUT2D eigenvalue weighted by atomic mass is 9.97. The monoisotopic (exact) mass is 318 g/mol. The summed E-state index contributed by atoms with van der Waals surface area (Å²) in [7, 11) is 1.64. The van der Waals surface area contributed by atoms with Crippen LogP contribution < -0.4 is 5.32 Å². The van der Waals surface area contributed by atoms with E-state index in [-0.39, 0.29) is 18.4 Å². The van der Waals surface area contributed by atoms with E-state index in [1.807, 2.05) is 0 Å². The second-order valence-corrected chi connectivity index (χ2v) is 6.06. The molecule has 0 bridgehead atoms. The largest absolute Gasteiger partial charge is 0.354 e. The highest BCUT2D eigenvalue weighted by molar-refractivity contribution is 5.86. The number of nitrogens with zero attached hydrogens (tertiary/aromatic N) is 3. The maximum absolute atomic E-state index is 12.3. The van der Waals surface area contributed by atoms with Crippen molar-refractivity contribution in [3.63, 3.8) is 0 Å². The second-order valence-electron chi connectivity index (χ2n) is 6.06. The molecule has 0 aliphatic heterocycles. The van der Waals surface area contributed by atoms with Gasteiger partial charge in [-0.05, 0) is 45.1 Å². The maximum atomic E-state index is 12.3. The van der Waals surface area contributed by atoms with Crippen molar-refractivity contribution in [3.8, 4) is 0 Å². The minimum absolute atomic E-state index is 0.0729. The fourth-order valence-electron chi connectivity index (χ4n) is 2.79. The van der Waals surface area contributed by atoms with E-state index in [1.165, 1.54) is 23.3 Å². The fourth-order valence-corrected chi connectivity index (χ4v) is 2.79. The first-order valence-electron chi connectivity index (χ1n) is 8.26. The summed E-state index contributed by atoms with van der Waals surface area (Å²) >= 11 is 0. The molecule has 0 fully saturated rings. The molecule has 2 amide bonds. The summed E-state index contributed by atoms with van der Waals surface area (Å²) in [4.78, 5) is 25.7. The lowest BCUT2D eigenvalue weighted by molar-refractivity contribution is -0.137. The molecular formula is C17H26N4O2. The molecule has 23 heavy (non-hydrogen) atoms. The molecule has 1 unspecified atom stereocenters. The normalized spacial score (nSPS) is 15.7. The molecule has 1 aromatic rings. The Bertz CT molecular complexity index is 551. The van der Waals surface area contributed by atoms with E-state index in [1.54, 1.807) is 37.1 Å². The smallest absolute Gasteiger partial charge is 0.247 e. The minimum Gasteiger partial charge on any atom is -0.354 e. The van der Waals surface area contributed by atoms with Gasteiger partial charge in [0.15, 0.2) is 0 Å². The Balaban J connectivity index is 1.71. The van der Waals surface area contributed by atoms with Crippen molar-refractivity contribution < 1.29 is 9.59 Å². The molecule has 0 radical (unpaired) electrons. The lowest BCUT2D eigenvalue weighted by Gasteiger charge is -2.21. The third-order valence-electron chi connectivity index (χ3n) is 4.19. The van der Waals surface area contributed by atoms with Crippen LogP contribution in [0.1, 0.15) is 45.1 Å². The van der Waals surface area contributed by atoms with E-state index in [0.717, 1.165) is 19.3 Å². The number of rotatable bonds is 7. The van der Waals surface area contributed by atoms with Crippen molar-refractivity contribution in [2.24, 2.45) is 0 Å². The lowest BCUT2D eigenvalue weighted by Crippen LogP contribution is -2.41. The molecular weight excluding hydrogens is 292 g/mol. The predicted molar refractivity (Wildman–Crippen MR) is 88.8 cm³/mol. The van der Waals surface area contributed by atoms with E-state index in [4.69, 9.17) is 0 Å². The van der Waals surface area contributed by atoms with Gasteiger partial charge in [0.2, 0.25) is 11.8 Å². The van der Waals surface area contributed by atoms with Gasteiger partial charge < -0.3 is 10.2 Å². The van der Waals surface area contributed by atoms with Crippen LogP contribution in [0.15, 0.2) is 30.1 Å². The number of allylic oxidation sites excluding steroid dienone is 1. The third kappa shape index (κ3) is 5.23. The summed E-state index contributed by atoms with van der Waals surface area (Å²) in [5.41, 5.74) is 1.44. The number of amides is 2. The molecule has 6 heteroatoms. The topological polar surface area (TPSA) is 67.2 Å². The Morgan fingerprint density at radius 3 is 2.91 bits per heavy atom. The van der Waals surface area contributed by atoms with Crippen LogP contribution >= 0.6 is 0 Å². The van der Waals surface area contributed by atoms with E-state index < -0.39 is 6.04 Å². The van der Waals surface area contributed by atoms with Crippen LogP contribution in [0.4, 0.5) is 0 Å². The molecule has 0 aromatic carbocycles. The standard InChI is InChI=1S/C17H26N4O2/c1-14(21-12-6-10-19-21)17(23)20(2)13-16(22)18-11-9-15-7-4-3-5-8-15/h6-7,10,12,14H,3-5,8-9,11,13H2,1-2H3,(H,18,22). The summed E-state index contributed by atoms with van der Waals surface area (Å²) in [6, 6.07) is 1.37. The summed E-state index contributed by atoms with van der Waals surface area (Å²) in [5, 5.41) is 6.96. The zero-order valence-corrected chi connectivity index (χ0v) is 14.0. The van der Waals surface area contributed by atoms with E-state index in [2.05, 4.69) is 16.5 Å². The third-order valence-corrected chi connectivity index (χ3v) is 4.19. The molecule has 1 aliphatic carbocycles. The van der Waals surface area contributed by atoms with Crippen LogP contribution in [0.5, 0.6) is 0 Å².